The Kier molecular flexibility index (Phi) is 3.51. The van der Waals surface area contributed by atoms with Crippen molar-refractivity contribution in [2.75, 3.05) is 10.6 Å². The number of hydrogen-bond donors (Lipinski definition) is 2. The summed E-state index contributed by atoms with van der Waals surface area (Å²) in [5.74, 6) is 0.792. The number of benzene rings is 1. The average molecular weight is 329 g/mol. The molecule has 0 saturated heterocycles. The van der Waals surface area contributed by atoms with Crippen molar-refractivity contribution in [2.24, 2.45) is 0 Å². The highest BCUT2D eigenvalue weighted by Crippen LogP contribution is 2.40. The van der Waals surface area contributed by atoms with Gasteiger partial charge in [0, 0.05) is 18.0 Å². The van der Waals surface area contributed by atoms with Crippen LogP contribution in [0.3, 0.4) is 0 Å². The third kappa shape index (κ3) is 3.27. The second kappa shape index (κ2) is 5.70. The molecule has 0 aliphatic heterocycles. The molecule has 2 fully saturated rings. The van der Waals surface area contributed by atoms with Crippen LogP contribution in [0.5, 0.6) is 0 Å². The molecule has 0 unspecified atom stereocenters. The quantitative estimate of drug-likeness (QED) is 0.620. The number of nitro groups is 1. The van der Waals surface area contributed by atoms with Gasteiger partial charge in [-0.15, -0.1) is 0 Å². The molecule has 0 spiro atoms. The van der Waals surface area contributed by atoms with Crippen molar-refractivity contribution >= 4 is 23.1 Å². The number of halogens is 1. The molecule has 24 heavy (non-hydrogen) atoms. The Labute approximate surface area is 137 Å². The molecular weight excluding hydrogens is 313 g/mol. The van der Waals surface area contributed by atoms with Crippen molar-refractivity contribution in [1.29, 1.82) is 0 Å². The van der Waals surface area contributed by atoms with E-state index in [0.29, 0.717) is 23.7 Å². The third-order valence-electron chi connectivity index (χ3n) is 4.07. The molecule has 2 aliphatic carbocycles. The molecule has 1 aromatic carbocycles. The summed E-state index contributed by atoms with van der Waals surface area (Å²) in [5.41, 5.74) is 0.818. The summed E-state index contributed by atoms with van der Waals surface area (Å²) in [5, 5.41) is 17.3. The van der Waals surface area contributed by atoms with Crippen LogP contribution in [-0.4, -0.2) is 20.9 Å². The van der Waals surface area contributed by atoms with E-state index in [-0.39, 0.29) is 11.4 Å². The summed E-state index contributed by atoms with van der Waals surface area (Å²) in [6.45, 7) is 0. The van der Waals surface area contributed by atoms with Gasteiger partial charge in [0.15, 0.2) is 0 Å². The van der Waals surface area contributed by atoms with Crippen molar-refractivity contribution in [3.05, 3.63) is 45.9 Å². The molecule has 0 amide bonds. The predicted molar refractivity (Wildman–Crippen MR) is 87.0 cm³/mol. The normalized spacial score (nSPS) is 16.7. The molecule has 4 rings (SSSR count). The molecule has 2 aromatic rings. The fourth-order valence-electron chi connectivity index (χ4n) is 2.49. The molecule has 0 bridgehead atoms. The maximum atomic E-state index is 13.3. The Morgan fingerprint density at radius 3 is 2.62 bits per heavy atom. The zero-order valence-electron chi connectivity index (χ0n) is 12.8. The first-order valence-corrected chi connectivity index (χ1v) is 7.95. The lowest BCUT2D eigenvalue weighted by atomic mass is 10.2. The first-order chi connectivity index (χ1) is 11.6. The summed E-state index contributed by atoms with van der Waals surface area (Å²) >= 11 is 0. The van der Waals surface area contributed by atoms with Gasteiger partial charge in [-0.1, -0.05) is 0 Å². The standard InChI is InChI=1S/C16H16FN5O2/c17-10-3-6-12(14(7-10)22(23)24)19-15-8-13(9-1-2-9)20-16(21-15)18-11-4-5-11/h3,6-9,11H,1-2,4-5H2,(H2,18,19,20,21). The van der Waals surface area contributed by atoms with Gasteiger partial charge in [-0.3, -0.25) is 10.1 Å². The molecule has 1 heterocycles. The zero-order valence-corrected chi connectivity index (χ0v) is 12.8. The topological polar surface area (TPSA) is 93.0 Å². The first-order valence-electron chi connectivity index (χ1n) is 7.95. The SMILES string of the molecule is O=[N+]([O-])c1cc(F)ccc1Nc1cc(C2CC2)nc(NC2CC2)n1. The van der Waals surface area contributed by atoms with Gasteiger partial charge in [0.05, 0.1) is 16.7 Å². The van der Waals surface area contributed by atoms with E-state index >= 15 is 0 Å². The number of nitrogens with zero attached hydrogens (tertiary/aromatic N) is 3. The molecule has 1 aromatic heterocycles. The van der Waals surface area contributed by atoms with Crippen LogP contribution in [-0.2, 0) is 0 Å². The molecule has 8 heteroatoms. The Morgan fingerprint density at radius 1 is 1.17 bits per heavy atom. The van der Waals surface area contributed by atoms with Crippen LogP contribution in [0.15, 0.2) is 24.3 Å². The molecule has 124 valence electrons. The highest BCUT2D eigenvalue weighted by atomic mass is 19.1. The Hall–Kier alpha value is -2.77. The lowest BCUT2D eigenvalue weighted by Gasteiger charge is -2.11. The van der Waals surface area contributed by atoms with Crippen LogP contribution in [0.2, 0.25) is 0 Å². The molecule has 2 aliphatic rings. The monoisotopic (exact) mass is 329 g/mol. The highest BCUT2D eigenvalue weighted by Gasteiger charge is 2.28. The molecule has 0 atom stereocenters. The van der Waals surface area contributed by atoms with Gasteiger partial charge < -0.3 is 10.6 Å². The third-order valence-corrected chi connectivity index (χ3v) is 4.07. The maximum Gasteiger partial charge on any atom is 0.295 e. The van der Waals surface area contributed by atoms with Crippen molar-refractivity contribution < 1.29 is 9.31 Å². The van der Waals surface area contributed by atoms with Crippen molar-refractivity contribution in [3.8, 4) is 0 Å². The van der Waals surface area contributed by atoms with Crippen LogP contribution >= 0.6 is 0 Å². The fourth-order valence-corrected chi connectivity index (χ4v) is 2.49. The summed E-state index contributed by atoms with van der Waals surface area (Å²) in [4.78, 5) is 19.4. The van der Waals surface area contributed by atoms with E-state index in [1.807, 2.05) is 6.07 Å². The van der Waals surface area contributed by atoms with Crippen LogP contribution in [0.4, 0.5) is 27.5 Å². The summed E-state index contributed by atoms with van der Waals surface area (Å²) in [6.07, 6.45) is 4.39. The number of anilines is 3. The summed E-state index contributed by atoms with van der Waals surface area (Å²) < 4.78 is 13.3. The van der Waals surface area contributed by atoms with Crippen molar-refractivity contribution in [1.82, 2.24) is 9.97 Å². The van der Waals surface area contributed by atoms with Gasteiger partial charge in [0.25, 0.3) is 5.69 Å². The minimum atomic E-state index is -0.648. The first kappa shape index (κ1) is 14.8. The second-order valence-corrected chi connectivity index (χ2v) is 6.24. The Bertz CT molecular complexity index is 805. The lowest BCUT2D eigenvalue weighted by molar-refractivity contribution is -0.384. The van der Waals surface area contributed by atoms with Crippen LogP contribution < -0.4 is 10.6 Å². The second-order valence-electron chi connectivity index (χ2n) is 6.24. The lowest BCUT2D eigenvalue weighted by Crippen LogP contribution is -2.09. The number of hydrogen-bond acceptors (Lipinski definition) is 6. The van der Waals surface area contributed by atoms with Crippen molar-refractivity contribution in [3.63, 3.8) is 0 Å². The smallest absolute Gasteiger partial charge is 0.295 e. The number of nitrogens with one attached hydrogen (secondary N) is 2. The van der Waals surface area contributed by atoms with E-state index < -0.39 is 10.7 Å². The van der Waals surface area contributed by atoms with E-state index in [1.165, 1.54) is 12.1 Å². The molecule has 2 N–H and O–H groups in total. The predicted octanol–water partition coefficient (Wildman–Crippen LogP) is 3.72. The largest absolute Gasteiger partial charge is 0.351 e. The van der Waals surface area contributed by atoms with Crippen LogP contribution in [0.1, 0.15) is 37.3 Å². The van der Waals surface area contributed by atoms with Gasteiger partial charge in [-0.2, -0.15) is 4.98 Å². The van der Waals surface area contributed by atoms with Gasteiger partial charge in [0.2, 0.25) is 5.95 Å². The van der Waals surface area contributed by atoms with Gasteiger partial charge >= 0.3 is 0 Å². The Morgan fingerprint density at radius 2 is 1.96 bits per heavy atom. The molecule has 2 saturated carbocycles. The highest BCUT2D eigenvalue weighted by molar-refractivity contribution is 5.68. The molecule has 0 radical (unpaired) electrons. The zero-order chi connectivity index (χ0) is 16.7. The van der Waals surface area contributed by atoms with E-state index in [1.54, 1.807) is 0 Å². The molecule has 7 nitrogen and oxygen atoms in total. The number of aromatic nitrogens is 2. The van der Waals surface area contributed by atoms with E-state index in [4.69, 9.17) is 0 Å². The maximum absolute atomic E-state index is 13.3. The van der Waals surface area contributed by atoms with E-state index in [9.17, 15) is 14.5 Å². The summed E-state index contributed by atoms with van der Waals surface area (Å²) in [6, 6.07) is 5.65. The van der Waals surface area contributed by atoms with Crippen LogP contribution in [0.25, 0.3) is 0 Å². The van der Waals surface area contributed by atoms with Crippen molar-refractivity contribution in [2.45, 2.75) is 37.6 Å². The number of rotatable bonds is 6. The minimum absolute atomic E-state index is 0.208. The van der Waals surface area contributed by atoms with E-state index in [0.717, 1.165) is 37.4 Å². The Balaban J connectivity index is 1.66. The van der Waals surface area contributed by atoms with Gasteiger partial charge in [0.1, 0.15) is 17.3 Å². The molecular formula is C16H16FN5O2. The average Bonchev–Trinajstić information content (AvgIpc) is 3.42. The fraction of sp³-hybridized carbons (Fsp3) is 0.375. The summed E-state index contributed by atoms with van der Waals surface area (Å²) in [7, 11) is 0. The minimum Gasteiger partial charge on any atom is -0.351 e. The van der Waals surface area contributed by atoms with Gasteiger partial charge in [-0.05, 0) is 37.8 Å². The van der Waals surface area contributed by atoms with Crippen LogP contribution in [0, 0.1) is 15.9 Å². The number of nitro benzene ring substituents is 1. The van der Waals surface area contributed by atoms with E-state index in [2.05, 4.69) is 20.6 Å². The van der Waals surface area contributed by atoms with Gasteiger partial charge in [-0.25, -0.2) is 9.37 Å².